The highest BCUT2D eigenvalue weighted by atomic mass is 32.2. The van der Waals surface area contributed by atoms with E-state index in [1.54, 1.807) is 0 Å². The minimum atomic E-state index is -0.311. The number of hydrogen-bond donors (Lipinski definition) is 2. The highest BCUT2D eigenvalue weighted by molar-refractivity contribution is 7.99. The lowest BCUT2D eigenvalue weighted by Gasteiger charge is -2.13. The van der Waals surface area contributed by atoms with Crippen molar-refractivity contribution in [1.29, 1.82) is 0 Å². The average molecular weight is 280 g/mol. The number of carbonyl (C=O) groups is 2. The first-order chi connectivity index (χ1) is 9.04. The molecule has 0 saturated heterocycles. The minimum Gasteiger partial charge on any atom is -0.370 e. The Hall–Kier alpha value is -1.49. The molecule has 104 valence electrons. The molecule has 0 fully saturated rings. The quantitative estimate of drug-likeness (QED) is 0.754. The van der Waals surface area contributed by atoms with Gasteiger partial charge in [-0.3, -0.25) is 9.59 Å². The van der Waals surface area contributed by atoms with Crippen molar-refractivity contribution in [2.24, 2.45) is 11.7 Å². The van der Waals surface area contributed by atoms with Crippen LogP contribution in [-0.2, 0) is 9.59 Å². The van der Waals surface area contributed by atoms with Gasteiger partial charge in [-0.15, -0.1) is 11.8 Å². The number of nitrogens with two attached hydrogens (primary N) is 1. The third kappa shape index (κ3) is 5.34. The van der Waals surface area contributed by atoms with E-state index in [1.807, 2.05) is 38.1 Å². The predicted octanol–water partition coefficient (Wildman–Crippen LogP) is 2.64. The van der Waals surface area contributed by atoms with Crippen LogP contribution in [0, 0.1) is 5.92 Å². The molecule has 1 unspecified atom stereocenters. The summed E-state index contributed by atoms with van der Waals surface area (Å²) in [6, 6.07) is 7.58. The van der Waals surface area contributed by atoms with Crippen LogP contribution in [0.25, 0.3) is 0 Å². The van der Waals surface area contributed by atoms with Gasteiger partial charge in [-0.25, -0.2) is 0 Å². The standard InChI is InChI=1S/C14H20N2O2S/c1-3-10(2)14(18)16-11-6-4-5-7-12(11)19-9-8-13(15)17/h4-7,10H,3,8-9H2,1-2H3,(H2,15,17)(H,16,18). The molecule has 0 radical (unpaired) electrons. The molecule has 1 aromatic carbocycles. The fraction of sp³-hybridized carbons (Fsp3) is 0.429. The molecule has 19 heavy (non-hydrogen) atoms. The van der Waals surface area contributed by atoms with Crippen molar-refractivity contribution >= 4 is 29.3 Å². The van der Waals surface area contributed by atoms with Crippen molar-refractivity contribution in [2.45, 2.75) is 31.6 Å². The van der Waals surface area contributed by atoms with Crippen LogP contribution in [0.3, 0.4) is 0 Å². The number of anilines is 1. The normalized spacial score (nSPS) is 11.9. The van der Waals surface area contributed by atoms with Crippen molar-refractivity contribution in [3.8, 4) is 0 Å². The molecule has 0 aromatic heterocycles. The lowest BCUT2D eigenvalue weighted by atomic mass is 10.1. The Morgan fingerprint density at radius 3 is 2.68 bits per heavy atom. The Bertz CT molecular complexity index is 449. The molecule has 1 rings (SSSR count). The first-order valence-electron chi connectivity index (χ1n) is 6.35. The summed E-state index contributed by atoms with van der Waals surface area (Å²) >= 11 is 1.52. The minimum absolute atomic E-state index is 0.0105. The molecule has 1 atom stereocenters. The van der Waals surface area contributed by atoms with E-state index in [1.165, 1.54) is 11.8 Å². The molecule has 0 bridgehead atoms. The van der Waals surface area contributed by atoms with Gasteiger partial charge in [0, 0.05) is 23.0 Å². The first kappa shape index (κ1) is 15.6. The Kier molecular flexibility index (Phi) is 6.42. The molecule has 3 N–H and O–H groups in total. The van der Waals surface area contributed by atoms with E-state index in [0.29, 0.717) is 12.2 Å². The second-order valence-electron chi connectivity index (χ2n) is 4.36. The zero-order valence-electron chi connectivity index (χ0n) is 11.3. The van der Waals surface area contributed by atoms with Gasteiger partial charge in [0.2, 0.25) is 11.8 Å². The molecule has 0 heterocycles. The summed E-state index contributed by atoms with van der Waals surface area (Å²) in [6.07, 6.45) is 1.14. The fourth-order valence-corrected chi connectivity index (χ4v) is 2.37. The molecule has 5 heteroatoms. The number of carbonyl (C=O) groups excluding carboxylic acids is 2. The summed E-state index contributed by atoms with van der Waals surface area (Å²) in [5.41, 5.74) is 5.90. The molecular formula is C14H20N2O2S. The summed E-state index contributed by atoms with van der Waals surface area (Å²) in [7, 11) is 0. The van der Waals surface area contributed by atoms with Crippen LogP contribution in [0.5, 0.6) is 0 Å². The largest absolute Gasteiger partial charge is 0.370 e. The number of hydrogen-bond acceptors (Lipinski definition) is 3. The van der Waals surface area contributed by atoms with Crippen LogP contribution in [0.1, 0.15) is 26.7 Å². The van der Waals surface area contributed by atoms with E-state index < -0.39 is 0 Å². The lowest BCUT2D eigenvalue weighted by Crippen LogP contribution is -2.20. The number of amides is 2. The second-order valence-corrected chi connectivity index (χ2v) is 5.50. The fourth-order valence-electron chi connectivity index (χ4n) is 1.40. The zero-order valence-corrected chi connectivity index (χ0v) is 12.1. The number of nitrogens with one attached hydrogen (secondary N) is 1. The molecule has 0 spiro atoms. The summed E-state index contributed by atoms with van der Waals surface area (Å²) in [5, 5.41) is 2.92. The zero-order chi connectivity index (χ0) is 14.3. The molecule has 0 aliphatic rings. The summed E-state index contributed by atoms with van der Waals surface area (Å²) < 4.78 is 0. The highest BCUT2D eigenvalue weighted by Crippen LogP contribution is 2.27. The van der Waals surface area contributed by atoms with Gasteiger partial charge in [0.25, 0.3) is 0 Å². The maximum absolute atomic E-state index is 11.9. The predicted molar refractivity (Wildman–Crippen MR) is 79.1 cm³/mol. The van der Waals surface area contributed by atoms with Gasteiger partial charge < -0.3 is 11.1 Å². The van der Waals surface area contributed by atoms with E-state index in [-0.39, 0.29) is 17.7 Å². The maximum Gasteiger partial charge on any atom is 0.227 e. The van der Waals surface area contributed by atoms with Crippen LogP contribution in [-0.4, -0.2) is 17.6 Å². The van der Waals surface area contributed by atoms with Gasteiger partial charge in [-0.2, -0.15) is 0 Å². The SMILES string of the molecule is CCC(C)C(=O)Nc1ccccc1SCCC(N)=O. The van der Waals surface area contributed by atoms with Crippen molar-refractivity contribution in [1.82, 2.24) is 0 Å². The summed E-state index contributed by atoms with van der Waals surface area (Å²) in [5.74, 6) is 0.314. The second kappa shape index (κ2) is 7.84. The van der Waals surface area contributed by atoms with Gasteiger partial charge in [-0.05, 0) is 18.6 Å². The van der Waals surface area contributed by atoms with E-state index >= 15 is 0 Å². The number of para-hydroxylation sites is 1. The van der Waals surface area contributed by atoms with Crippen LogP contribution in [0.15, 0.2) is 29.2 Å². The molecule has 0 aliphatic carbocycles. The molecule has 0 aliphatic heterocycles. The first-order valence-corrected chi connectivity index (χ1v) is 7.34. The lowest BCUT2D eigenvalue weighted by molar-refractivity contribution is -0.119. The van der Waals surface area contributed by atoms with Gasteiger partial charge in [0.1, 0.15) is 0 Å². The Morgan fingerprint density at radius 2 is 2.05 bits per heavy atom. The van der Waals surface area contributed by atoms with Gasteiger partial charge in [0.15, 0.2) is 0 Å². The molecule has 4 nitrogen and oxygen atoms in total. The summed E-state index contributed by atoms with van der Waals surface area (Å²) in [4.78, 5) is 23.6. The molecular weight excluding hydrogens is 260 g/mol. The molecule has 2 amide bonds. The van der Waals surface area contributed by atoms with E-state index in [0.717, 1.165) is 17.0 Å². The number of primary amides is 1. The third-order valence-electron chi connectivity index (χ3n) is 2.81. The smallest absolute Gasteiger partial charge is 0.227 e. The third-order valence-corrected chi connectivity index (χ3v) is 3.89. The van der Waals surface area contributed by atoms with Crippen molar-refractivity contribution in [2.75, 3.05) is 11.1 Å². The van der Waals surface area contributed by atoms with Crippen molar-refractivity contribution in [3.05, 3.63) is 24.3 Å². The monoisotopic (exact) mass is 280 g/mol. The Morgan fingerprint density at radius 1 is 1.37 bits per heavy atom. The van der Waals surface area contributed by atoms with Gasteiger partial charge in [0.05, 0.1) is 5.69 Å². The Balaban J connectivity index is 2.67. The van der Waals surface area contributed by atoms with E-state index in [2.05, 4.69) is 5.32 Å². The van der Waals surface area contributed by atoms with Gasteiger partial charge in [-0.1, -0.05) is 26.0 Å². The number of thioether (sulfide) groups is 1. The van der Waals surface area contributed by atoms with Crippen molar-refractivity contribution in [3.63, 3.8) is 0 Å². The van der Waals surface area contributed by atoms with Gasteiger partial charge >= 0.3 is 0 Å². The number of rotatable bonds is 7. The number of benzene rings is 1. The van der Waals surface area contributed by atoms with E-state index in [4.69, 9.17) is 5.73 Å². The van der Waals surface area contributed by atoms with Crippen LogP contribution in [0.2, 0.25) is 0 Å². The molecule has 1 aromatic rings. The average Bonchev–Trinajstić information content (AvgIpc) is 2.39. The maximum atomic E-state index is 11.9. The molecule has 0 saturated carbocycles. The van der Waals surface area contributed by atoms with Crippen LogP contribution >= 0.6 is 11.8 Å². The topological polar surface area (TPSA) is 72.2 Å². The summed E-state index contributed by atoms with van der Waals surface area (Å²) in [6.45, 7) is 3.88. The van der Waals surface area contributed by atoms with E-state index in [9.17, 15) is 9.59 Å². The Labute approximate surface area is 118 Å². The van der Waals surface area contributed by atoms with Crippen LogP contribution in [0.4, 0.5) is 5.69 Å². The van der Waals surface area contributed by atoms with Crippen molar-refractivity contribution < 1.29 is 9.59 Å². The van der Waals surface area contributed by atoms with Crippen LogP contribution < -0.4 is 11.1 Å². The highest BCUT2D eigenvalue weighted by Gasteiger charge is 2.12.